The molecule has 204 valence electrons. The molecule has 0 bridgehead atoms. The Morgan fingerprint density at radius 2 is 1.87 bits per heavy atom. The number of rotatable bonds is 8. The van der Waals surface area contributed by atoms with E-state index < -0.39 is 18.1 Å². The second-order valence-electron chi connectivity index (χ2n) is 9.49. The van der Waals surface area contributed by atoms with Gasteiger partial charge in [-0.2, -0.15) is 10.2 Å². The molecule has 0 N–H and O–H groups in total. The zero-order valence-corrected chi connectivity index (χ0v) is 21.2. The minimum atomic E-state index is -4.80. The third kappa shape index (κ3) is 5.48. The number of fused-ring (bicyclic) bond motifs is 1. The maximum Gasteiger partial charge on any atom is 0.573 e. The number of carbonyl (C=O) groups excluding carboxylic acids is 1. The van der Waals surface area contributed by atoms with E-state index in [1.54, 1.807) is 17.1 Å². The summed E-state index contributed by atoms with van der Waals surface area (Å²) in [5.41, 5.74) is 3.80. The number of amides is 1. The highest BCUT2D eigenvalue weighted by atomic mass is 19.4. The number of aromatic nitrogens is 5. The Bertz CT molecular complexity index is 1520. The van der Waals surface area contributed by atoms with Gasteiger partial charge in [-0.1, -0.05) is 6.58 Å². The Kier molecular flexibility index (Phi) is 6.85. The number of pyridine rings is 1. The van der Waals surface area contributed by atoms with Gasteiger partial charge in [0, 0.05) is 48.7 Å². The zero-order valence-electron chi connectivity index (χ0n) is 21.2. The average Bonchev–Trinajstić information content (AvgIpc) is 3.47. The Hall–Kier alpha value is -4.26. The number of carbonyl (C=O) groups is 1. The second kappa shape index (κ2) is 10.1. The van der Waals surface area contributed by atoms with E-state index in [1.807, 2.05) is 35.9 Å². The van der Waals surface area contributed by atoms with Crippen molar-refractivity contribution in [3.05, 3.63) is 61.3 Å². The standard InChI is InChI=1S/C26H25F4N7O2/c1-16(27)25(38)35-14-19(15-35)37-24-21(18-12-32-36(13-18)11-10-34(2)3)8-9-31-23(24)22(33-37)17-4-6-20(7-5-17)39-26(28,29)30/h4-9,12-13,19H,1,10-11,14-15H2,2-3H3. The van der Waals surface area contributed by atoms with Crippen LogP contribution in [0.2, 0.25) is 0 Å². The van der Waals surface area contributed by atoms with Gasteiger partial charge in [0.1, 0.15) is 17.0 Å². The third-order valence-corrected chi connectivity index (χ3v) is 6.39. The van der Waals surface area contributed by atoms with Crippen LogP contribution in [0, 0.1) is 0 Å². The minimum absolute atomic E-state index is 0.215. The van der Waals surface area contributed by atoms with Crippen molar-refractivity contribution in [3.8, 4) is 28.1 Å². The van der Waals surface area contributed by atoms with E-state index in [4.69, 9.17) is 5.10 Å². The molecular formula is C26H25F4N7O2. The summed E-state index contributed by atoms with van der Waals surface area (Å²) in [6, 6.07) is 6.94. The van der Waals surface area contributed by atoms with Crippen molar-refractivity contribution in [1.29, 1.82) is 0 Å². The van der Waals surface area contributed by atoms with Crippen LogP contribution in [-0.2, 0) is 11.3 Å². The normalized spacial score (nSPS) is 14.2. The van der Waals surface area contributed by atoms with Crippen molar-refractivity contribution in [1.82, 2.24) is 34.3 Å². The summed E-state index contributed by atoms with van der Waals surface area (Å²) < 4.78 is 58.9. The number of hydrogen-bond acceptors (Lipinski definition) is 6. The van der Waals surface area contributed by atoms with Gasteiger partial charge in [-0.05, 0) is 44.4 Å². The molecular weight excluding hydrogens is 518 g/mol. The van der Waals surface area contributed by atoms with E-state index in [0.29, 0.717) is 28.8 Å². The molecule has 3 aromatic heterocycles. The van der Waals surface area contributed by atoms with Gasteiger partial charge in [0.2, 0.25) is 0 Å². The van der Waals surface area contributed by atoms with Crippen molar-refractivity contribution in [2.75, 3.05) is 33.7 Å². The molecule has 1 fully saturated rings. The molecule has 0 unspecified atom stereocenters. The van der Waals surface area contributed by atoms with Crippen LogP contribution in [0.15, 0.2) is 61.3 Å². The second-order valence-corrected chi connectivity index (χ2v) is 9.49. The molecule has 1 amide bonds. The summed E-state index contributed by atoms with van der Waals surface area (Å²) in [6.07, 6.45) is 0.494. The first-order chi connectivity index (χ1) is 18.5. The van der Waals surface area contributed by atoms with Crippen LogP contribution in [0.4, 0.5) is 17.6 Å². The van der Waals surface area contributed by atoms with Gasteiger partial charge in [-0.25, -0.2) is 4.39 Å². The summed E-state index contributed by atoms with van der Waals surface area (Å²) in [5.74, 6) is -2.16. The van der Waals surface area contributed by atoms with Crippen LogP contribution >= 0.6 is 0 Å². The predicted octanol–water partition coefficient (Wildman–Crippen LogP) is 4.29. The third-order valence-electron chi connectivity index (χ3n) is 6.39. The van der Waals surface area contributed by atoms with Crippen molar-refractivity contribution in [2.24, 2.45) is 0 Å². The van der Waals surface area contributed by atoms with Crippen LogP contribution in [0.1, 0.15) is 6.04 Å². The highest BCUT2D eigenvalue weighted by Crippen LogP contribution is 2.37. The van der Waals surface area contributed by atoms with Crippen LogP contribution in [-0.4, -0.2) is 80.3 Å². The first-order valence-electron chi connectivity index (χ1n) is 12.0. The molecule has 0 atom stereocenters. The van der Waals surface area contributed by atoms with Crippen LogP contribution in [0.25, 0.3) is 33.4 Å². The number of nitrogens with zero attached hydrogens (tertiary/aromatic N) is 7. The summed E-state index contributed by atoms with van der Waals surface area (Å²) in [4.78, 5) is 20.0. The lowest BCUT2D eigenvalue weighted by molar-refractivity contribution is -0.274. The number of benzene rings is 1. The van der Waals surface area contributed by atoms with Gasteiger partial charge >= 0.3 is 6.36 Å². The van der Waals surface area contributed by atoms with Gasteiger partial charge < -0.3 is 14.5 Å². The molecule has 1 saturated heterocycles. The molecule has 1 aliphatic heterocycles. The molecule has 4 aromatic rings. The van der Waals surface area contributed by atoms with E-state index in [2.05, 4.69) is 21.4 Å². The molecule has 0 aliphatic carbocycles. The molecule has 4 heterocycles. The first kappa shape index (κ1) is 26.4. The van der Waals surface area contributed by atoms with Gasteiger partial charge in [-0.3, -0.25) is 19.1 Å². The fourth-order valence-electron chi connectivity index (χ4n) is 4.45. The van der Waals surface area contributed by atoms with E-state index >= 15 is 0 Å². The number of likely N-dealkylation sites (N-methyl/N-ethyl adjacent to an activating group) is 1. The molecule has 5 rings (SSSR count). The SMILES string of the molecule is C=C(F)C(=O)N1CC(n2nc(-c3ccc(OC(F)(F)F)cc3)c3nccc(-c4cnn(CCN(C)C)c4)c32)C1. The summed E-state index contributed by atoms with van der Waals surface area (Å²) >= 11 is 0. The molecule has 0 radical (unpaired) electrons. The molecule has 1 aromatic carbocycles. The monoisotopic (exact) mass is 543 g/mol. The van der Waals surface area contributed by atoms with Gasteiger partial charge in [0.25, 0.3) is 5.91 Å². The van der Waals surface area contributed by atoms with Crippen LogP contribution in [0.3, 0.4) is 0 Å². The Balaban J connectivity index is 1.56. The van der Waals surface area contributed by atoms with Crippen LogP contribution in [0.5, 0.6) is 5.75 Å². The van der Waals surface area contributed by atoms with Crippen molar-refractivity contribution < 1.29 is 27.1 Å². The Morgan fingerprint density at radius 1 is 1.15 bits per heavy atom. The molecule has 13 heteroatoms. The molecule has 9 nitrogen and oxygen atoms in total. The average molecular weight is 544 g/mol. The minimum Gasteiger partial charge on any atom is -0.406 e. The lowest BCUT2D eigenvalue weighted by atomic mass is 10.0. The zero-order chi connectivity index (χ0) is 27.9. The smallest absolute Gasteiger partial charge is 0.406 e. The van der Waals surface area contributed by atoms with E-state index in [1.165, 1.54) is 29.2 Å². The maximum atomic E-state index is 13.4. The van der Waals surface area contributed by atoms with Gasteiger partial charge in [0.05, 0.1) is 24.3 Å². The number of alkyl halides is 3. The molecule has 1 aliphatic rings. The lowest BCUT2D eigenvalue weighted by Gasteiger charge is -2.39. The quantitative estimate of drug-likeness (QED) is 0.244. The van der Waals surface area contributed by atoms with Gasteiger partial charge in [0.15, 0.2) is 5.83 Å². The van der Waals surface area contributed by atoms with Crippen LogP contribution < -0.4 is 4.74 Å². The predicted molar refractivity (Wildman–Crippen MR) is 135 cm³/mol. The van der Waals surface area contributed by atoms with Crippen molar-refractivity contribution in [3.63, 3.8) is 0 Å². The fourth-order valence-corrected chi connectivity index (χ4v) is 4.45. The topological polar surface area (TPSA) is 81.3 Å². The van der Waals surface area contributed by atoms with Crippen molar-refractivity contribution >= 4 is 16.9 Å². The summed E-state index contributed by atoms with van der Waals surface area (Å²) in [6.45, 7) is 4.99. The number of hydrogen-bond donors (Lipinski definition) is 0. The first-order valence-corrected chi connectivity index (χ1v) is 12.0. The number of ether oxygens (including phenoxy) is 1. The summed E-state index contributed by atoms with van der Waals surface area (Å²) in [7, 11) is 3.95. The Labute approximate surface area is 220 Å². The van der Waals surface area contributed by atoms with E-state index in [-0.39, 0.29) is 24.9 Å². The number of halogens is 4. The summed E-state index contributed by atoms with van der Waals surface area (Å²) in [5, 5.41) is 9.25. The maximum absolute atomic E-state index is 13.4. The van der Waals surface area contributed by atoms with E-state index in [0.717, 1.165) is 17.7 Å². The lowest BCUT2D eigenvalue weighted by Crippen LogP contribution is -2.51. The highest BCUT2D eigenvalue weighted by Gasteiger charge is 2.36. The fraction of sp³-hybridized carbons (Fsp3) is 0.308. The largest absolute Gasteiger partial charge is 0.573 e. The number of likely N-dealkylation sites (tertiary alicyclic amines) is 1. The van der Waals surface area contributed by atoms with Crippen molar-refractivity contribution in [2.45, 2.75) is 18.9 Å². The molecule has 39 heavy (non-hydrogen) atoms. The molecule has 0 spiro atoms. The Morgan fingerprint density at radius 3 is 2.51 bits per heavy atom. The molecule has 0 saturated carbocycles. The highest BCUT2D eigenvalue weighted by molar-refractivity contribution is 5.99. The van der Waals surface area contributed by atoms with E-state index in [9.17, 15) is 22.4 Å². The van der Waals surface area contributed by atoms with Gasteiger partial charge in [-0.15, -0.1) is 13.2 Å².